The molecule has 3 nitrogen and oxygen atoms in total. The number of nitrogens with one attached hydrogen (secondary N) is 1. The van der Waals surface area contributed by atoms with E-state index in [0.29, 0.717) is 13.2 Å². The SMILES string of the molecule is CCOC(OCC)c1ccc(C=Cc2ccc(C=Cc3ccc(Nc4ccc(C=C(c5ccccc5)c5ccccc5)cc4)cc3)cc2)cc1. The molecule has 0 aliphatic carbocycles. The Hall–Kier alpha value is -5.74. The van der Waals surface area contributed by atoms with Crippen LogP contribution in [0.15, 0.2) is 158 Å². The molecule has 0 saturated heterocycles. The van der Waals surface area contributed by atoms with E-state index in [1.54, 1.807) is 0 Å². The van der Waals surface area contributed by atoms with Crippen molar-refractivity contribution in [3.63, 3.8) is 0 Å². The highest BCUT2D eigenvalue weighted by molar-refractivity contribution is 5.91. The summed E-state index contributed by atoms with van der Waals surface area (Å²) in [6, 6.07) is 55.1. The number of anilines is 2. The highest BCUT2D eigenvalue weighted by Gasteiger charge is 2.10. The van der Waals surface area contributed by atoms with Crippen molar-refractivity contribution in [1.82, 2.24) is 0 Å². The average molecular weight is 654 g/mol. The van der Waals surface area contributed by atoms with Crippen molar-refractivity contribution in [2.45, 2.75) is 20.1 Å². The largest absolute Gasteiger partial charge is 0.356 e. The summed E-state index contributed by atoms with van der Waals surface area (Å²) < 4.78 is 11.4. The molecule has 0 radical (unpaired) electrons. The summed E-state index contributed by atoms with van der Waals surface area (Å²) in [5.41, 5.74) is 12.5. The van der Waals surface area contributed by atoms with Crippen LogP contribution >= 0.6 is 0 Å². The Morgan fingerprint density at radius 1 is 0.460 bits per heavy atom. The van der Waals surface area contributed by atoms with Crippen molar-refractivity contribution >= 4 is 47.3 Å². The number of rotatable bonds is 14. The van der Waals surface area contributed by atoms with Crippen LogP contribution in [-0.2, 0) is 9.47 Å². The average Bonchev–Trinajstić information content (AvgIpc) is 3.18. The Labute approximate surface area is 296 Å². The van der Waals surface area contributed by atoms with E-state index >= 15 is 0 Å². The van der Waals surface area contributed by atoms with Gasteiger partial charge < -0.3 is 14.8 Å². The minimum atomic E-state index is -0.315. The van der Waals surface area contributed by atoms with Crippen molar-refractivity contribution in [1.29, 1.82) is 0 Å². The Balaban J connectivity index is 1.03. The van der Waals surface area contributed by atoms with Gasteiger partial charge in [-0.25, -0.2) is 0 Å². The molecule has 0 heterocycles. The molecule has 50 heavy (non-hydrogen) atoms. The van der Waals surface area contributed by atoms with Crippen molar-refractivity contribution in [3.8, 4) is 0 Å². The van der Waals surface area contributed by atoms with Crippen LogP contribution in [0.1, 0.15) is 64.6 Å². The summed E-state index contributed by atoms with van der Waals surface area (Å²) in [5.74, 6) is 0. The molecule has 0 fully saturated rings. The van der Waals surface area contributed by atoms with Gasteiger partial charge in [0.05, 0.1) is 0 Å². The van der Waals surface area contributed by atoms with E-state index in [1.807, 2.05) is 13.8 Å². The minimum Gasteiger partial charge on any atom is -0.356 e. The first kappa shape index (κ1) is 34.1. The van der Waals surface area contributed by atoms with E-state index < -0.39 is 0 Å². The van der Waals surface area contributed by atoms with Gasteiger partial charge in [-0.3, -0.25) is 0 Å². The number of hydrogen-bond donors (Lipinski definition) is 1. The van der Waals surface area contributed by atoms with Crippen LogP contribution in [0.4, 0.5) is 11.4 Å². The third-order valence-corrected chi connectivity index (χ3v) is 8.31. The summed E-state index contributed by atoms with van der Waals surface area (Å²) in [5, 5.41) is 3.53. The second-order valence-electron chi connectivity index (χ2n) is 11.9. The predicted molar refractivity (Wildman–Crippen MR) is 213 cm³/mol. The summed E-state index contributed by atoms with van der Waals surface area (Å²) in [6.45, 7) is 5.19. The van der Waals surface area contributed by atoms with Crippen molar-refractivity contribution in [2.24, 2.45) is 0 Å². The quantitative estimate of drug-likeness (QED) is 0.0937. The van der Waals surface area contributed by atoms with E-state index in [-0.39, 0.29) is 6.29 Å². The fourth-order valence-electron chi connectivity index (χ4n) is 5.65. The van der Waals surface area contributed by atoms with Crippen LogP contribution in [0.5, 0.6) is 0 Å². The lowest BCUT2D eigenvalue weighted by molar-refractivity contribution is -0.140. The lowest BCUT2D eigenvalue weighted by Gasteiger charge is -2.17. The first-order chi connectivity index (χ1) is 24.7. The van der Waals surface area contributed by atoms with Crippen molar-refractivity contribution in [3.05, 3.63) is 202 Å². The van der Waals surface area contributed by atoms with Gasteiger partial charge in [0.15, 0.2) is 6.29 Å². The monoisotopic (exact) mass is 653 g/mol. The maximum Gasteiger partial charge on any atom is 0.183 e. The maximum atomic E-state index is 5.71. The molecule has 0 aliphatic heterocycles. The lowest BCUT2D eigenvalue weighted by Crippen LogP contribution is -2.08. The summed E-state index contributed by atoms with van der Waals surface area (Å²) >= 11 is 0. The Bertz CT molecular complexity index is 1940. The van der Waals surface area contributed by atoms with Gasteiger partial charge in [-0.1, -0.05) is 158 Å². The first-order valence-electron chi connectivity index (χ1n) is 17.3. The molecule has 0 spiro atoms. The highest BCUT2D eigenvalue weighted by atomic mass is 16.7. The minimum absolute atomic E-state index is 0.315. The molecule has 0 bridgehead atoms. The normalized spacial score (nSPS) is 11.3. The van der Waals surface area contributed by atoms with Gasteiger partial charge in [0, 0.05) is 30.2 Å². The van der Waals surface area contributed by atoms with Crippen LogP contribution in [0.3, 0.4) is 0 Å². The van der Waals surface area contributed by atoms with Crippen LogP contribution in [0.25, 0.3) is 36.0 Å². The van der Waals surface area contributed by atoms with E-state index in [9.17, 15) is 0 Å². The summed E-state index contributed by atoms with van der Waals surface area (Å²) in [7, 11) is 0. The molecule has 6 aromatic rings. The van der Waals surface area contributed by atoms with E-state index in [2.05, 4.69) is 193 Å². The van der Waals surface area contributed by atoms with Crippen LogP contribution < -0.4 is 5.32 Å². The molecule has 6 rings (SSSR count). The zero-order chi connectivity index (χ0) is 34.4. The van der Waals surface area contributed by atoms with Crippen molar-refractivity contribution in [2.75, 3.05) is 18.5 Å². The molecule has 0 atom stereocenters. The second kappa shape index (κ2) is 17.6. The van der Waals surface area contributed by atoms with Gasteiger partial charge in [-0.15, -0.1) is 0 Å². The number of hydrogen-bond acceptors (Lipinski definition) is 3. The molecular formula is C47H43NO2. The molecule has 1 N–H and O–H groups in total. The molecule has 0 amide bonds. The lowest BCUT2D eigenvalue weighted by atomic mass is 9.96. The van der Waals surface area contributed by atoms with Crippen molar-refractivity contribution < 1.29 is 9.47 Å². The smallest absolute Gasteiger partial charge is 0.183 e. The zero-order valence-electron chi connectivity index (χ0n) is 28.7. The molecule has 6 aromatic carbocycles. The molecule has 0 aromatic heterocycles. The second-order valence-corrected chi connectivity index (χ2v) is 11.9. The van der Waals surface area contributed by atoms with Gasteiger partial charge in [0.25, 0.3) is 0 Å². The van der Waals surface area contributed by atoms with Gasteiger partial charge in [-0.2, -0.15) is 0 Å². The maximum absolute atomic E-state index is 5.71. The Morgan fingerprint density at radius 3 is 1.22 bits per heavy atom. The third kappa shape index (κ3) is 9.67. The van der Waals surface area contributed by atoms with Gasteiger partial charge in [0.1, 0.15) is 0 Å². The molecule has 0 saturated carbocycles. The molecule has 3 heteroatoms. The summed E-state index contributed by atoms with van der Waals surface area (Å²) in [4.78, 5) is 0. The molecule has 0 aliphatic rings. The van der Waals surface area contributed by atoms with E-state index in [4.69, 9.17) is 9.47 Å². The topological polar surface area (TPSA) is 30.5 Å². The molecular weight excluding hydrogens is 611 g/mol. The fraction of sp³-hybridized carbons (Fsp3) is 0.106. The van der Waals surface area contributed by atoms with Crippen LogP contribution in [0, 0.1) is 0 Å². The molecule has 248 valence electrons. The number of ether oxygens (including phenoxy) is 2. The number of benzene rings is 6. The third-order valence-electron chi connectivity index (χ3n) is 8.31. The first-order valence-corrected chi connectivity index (χ1v) is 17.3. The molecule has 0 unspecified atom stereocenters. The van der Waals surface area contributed by atoms with Crippen LogP contribution in [0.2, 0.25) is 0 Å². The predicted octanol–water partition coefficient (Wildman–Crippen LogP) is 12.4. The van der Waals surface area contributed by atoms with E-state index in [0.717, 1.165) is 44.8 Å². The van der Waals surface area contributed by atoms with Gasteiger partial charge in [-0.05, 0) is 88.7 Å². The highest BCUT2D eigenvalue weighted by Crippen LogP contribution is 2.27. The standard InChI is InChI=1S/C47H43NO2/c1-3-49-47(50-4-2)43-29-23-38(24-30-43)21-19-36-15-17-37(18-16-36)20-22-39-25-31-44(32-26-39)48-45-33-27-40(28-34-45)35-46(41-11-7-5-8-12-41)42-13-9-6-10-14-42/h5-35,47-48H,3-4H2,1-2H3. The summed E-state index contributed by atoms with van der Waals surface area (Å²) in [6.07, 6.45) is 10.5. The Morgan fingerprint density at radius 2 is 0.820 bits per heavy atom. The van der Waals surface area contributed by atoms with Gasteiger partial charge >= 0.3 is 0 Å². The van der Waals surface area contributed by atoms with E-state index in [1.165, 1.54) is 16.7 Å². The van der Waals surface area contributed by atoms with Gasteiger partial charge in [0.2, 0.25) is 0 Å². The zero-order valence-corrected chi connectivity index (χ0v) is 28.7. The Kier molecular flexibility index (Phi) is 12.0. The fourth-order valence-corrected chi connectivity index (χ4v) is 5.65. The van der Waals surface area contributed by atoms with Crippen LogP contribution in [-0.4, -0.2) is 13.2 Å².